The van der Waals surface area contributed by atoms with Crippen LogP contribution < -0.4 is 10.2 Å². The summed E-state index contributed by atoms with van der Waals surface area (Å²) in [5.41, 5.74) is 0.447. The zero-order chi connectivity index (χ0) is 14.8. The maximum Gasteiger partial charge on any atom is 0.227 e. The first-order valence-electron chi connectivity index (χ1n) is 7.17. The van der Waals surface area contributed by atoms with E-state index >= 15 is 0 Å². The maximum absolute atomic E-state index is 12.2. The molecular weight excluding hydrogens is 252 g/mol. The topological polar surface area (TPSA) is 52.6 Å². The zero-order valence-electron chi connectivity index (χ0n) is 12.5. The SMILES string of the molecule is CN(CC(C)(C)C(=O)NCC1CC1)c1cccc(O)c1. The standard InChI is InChI=1S/C16H24N2O2/c1-16(2,15(20)17-10-12-7-8-12)11-18(3)13-5-4-6-14(19)9-13/h4-6,9,12,19H,7-8,10-11H2,1-3H3,(H,17,20). The highest BCUT2D eigenvalue weighted by Crippen LogP contribution is 2.28. The van der Waals surface area contributed by atoms with Gasteiger partial charge in [0.15, 0.2) is 0 Å². The number of carbonyl (C=O) groups excluding carboxylic acids is 1. The first-order valence-corrected chi connectivity index (χ1v) is 7.17. The zero-order valence-corrected chi connectivity index (χ0v) is 12.5. The predicted octanol–water partition coefficient (Wildman–Crippen LogP) is 2.38. The molecule has 110 valence electrons. The van der Waals surface area contributed by atoms with Crippen LogP contribution in [0.1, 0.15) is 26.7 Å². The van der Waals surface area contributed by atoms with Gasteiger partial charge in [0, 0.05) is 31.9 Å². The molecule has 1 saturated carbocycles. The van der Waals surface area contributed by atoms with Crippen molar-refractivity contribution in [3.8, 4) is 5.75 Å². The Morgan fingerprint density at radius 1 is 1.45 bits per heavy atom. The molecule has 4 nitrogen and oxygen atoms in total. The van der Waals surface area contributed by atoms with Crippen LogP contribution in [0.3, 0.4) is 0 Å². The van der Waals surface area contributed by atoms with Crippen LogP contribution in [0.2, 0.25) is 0 Å². The van der Waals surface area contributed by atoms with Crippen LogP contribution >= 0.6 is 0 Å². The molecule has 1 amide bonds. The van der Waals surface area contributed by atoms with E-state index in [4.69, 9.17) is 0 Å². The molecule has 1 fully saturated rings. The molecule has 0 radical (unpaired) electrons. The third kappa shape index (κ3) is 3.89. The molecule has 20 heavy (non-hydrogen) atoms. The van der Waals surface area contributed by atoms with E-state index in [2.05, 4.69) is 5.32 Å². The molecule has 0 saturated heterocycles. The summed E-state index contributed by atoms with van der Waals surface area (Å²) in [6.45, 7) is 5.31. The van der Waals surface area contributed by atoms with Crippen LogP contribution in [-0.4, -0.2) is 31.2 Å². The average molecular weight is 276 g/mol. The molecule has 1 aromatic carbocycles. The Morgan fingerprint density at radius 3 is 2.75 bits per heavy atom. The lowest BCUT2D eigenvalue weighted by Crippen LogP contribution is -2.44. The number of benzene rings is 1. The quantitative estimate of drug-likeness (QED) is 0.839. The summed E-state index contributed by atoms with van der Waals surface area (Å²) in [5.74, 6) is 1.03. The number of aromatic hydroxyl groups is 1. The Balaban J connectivity index is 1.93. The van der Waals surface area contributed by atoms with Gasteiger partial charge >= 0.3 is 0 Å². The monoisotopic (exact) mass is 276 g/mol. The van der Waals surface area contributed by atoms with Crippen LogP contribution in [0.5, 0.6) is 5.75 Å². The van der Waals surface area contributed by atoms with Crippen molar-refractivity contribution in [2.75, 3.05) is 25.0 Å². The van der Waals surface area contributed by atoms with E-state index in [1.165, 1.54) is 12.8 Å². The van der Waals surface area contributed by atoms with Crippen LogP contribution in [0.25, 0.3) is 0 Å². The van der Waals surface area contributed by atoms with E-state index in [1.807, 2.05) is 31.9 Å². The molecular formula is C16H24N2O2. The summed E-state index contributed by atoms with van der Waals surface area (Å²) in [6, 6.07) is 7.09. The predicted molar refractivity (Wildman–Crippen MR) is 80.9 cm³/mol. The van der Waals surface area contributed by atoms with Crippen molar-refractivity contribution in [2.24, 2.45) is 11.3 Å². The second-order valence-electron chi connectivity index (χ2n) is 6.41. The van der Waals surface area contributed by atoms with E-state index in [1.54, 1.807) is 18.2 Å². The van der Waals surface area contributed by atoms with Gasteiger partial charge in [0.05, 0.1) is 5.41 Å². The smallest absolute Gasteiger partial charge is 0.227 e. The Bertz CT molecular complexity index is 481. The molecule has 0 aromatic heterocycles. The van der Waals surface area contributed by atoms with Crippen molar-refractivity contribution in [1.29, 1.82) is 0 Å². The van der Waals surface area contributed by atoms with Gasteiger partial charge in [-0.15, -0.1) is 0 Å². The number of anilines is 1. The number of hydrogen-bond acceptors (Lipinski definition) is 3. The van der Waals surface area contributed by atoms with E-state index in [0.29, 0.717) is 12.5 Å². The lowest BCUT2D eigenvalue weighted by Gasteiger charge is -2.30. The van der Waals surface area contributed by atoms with Crippen LogP contribution in [-0.2, 0) is 4.79 Å². The molecule has 4 heteroatoms. The maximum atomic E-state index is 12.2. The Labute approximate surface area is 120 Å². The first-order chi connectivity index (χ1) is 9.38. The molecule has 0 unspecified atom stereocenters. The Morgan fingerprint density at radius 2 is 2.15 bits per heavy atom. The highest BCUT2D eigenvalue weighted by molar-refractivity contribution is 5.82. The van der Waals surface area contributed by atoms with E-state index < -0.39 is 5.41 Å². The molecule has 2 N–H and O–H groups in total. The second-order valence-corrected chi connectivity index (χ2v) is 6.41. The number of nitrogens with zero attached hydrogens (tertiary/aromatic N) is 1. The number of amides is 1. The van der Waals surface area contributed by atoms with Crippen molar-refractivity contribution in [3.63, 3.8) is 0 Å². The van der Waals surface area contributed by atoms with Gasteiger partial charge in [0.1, 0.15) is 5.75 Å². The molecule has 1 aromatic rings. The van der Waals surface area contributed by atoms with Gasteiger partial charge in [0.25, 0.3) is 0 Å². The fraction of sp³-hybridized carbons (Fsp3) is 0.562. The molecule has 0 atom stereocenters. The van der Waals surface area contributed by atoms with Gasteiger partial charge in [-0.25, -0.2) is 0 Å². The average Bonchev–Trinajstić information content (AvgIpc) is 3.19. The van der Waals surface area contributed by atoms with E-state index in [-0.39, 0.29) is 11.7 Å². The molecule has 0 heterocycles. The highest BCUT2D eigenvalue weighted by Gasteiger charge is 2.31. The van der Waals surface area contributed by atoms with Gasteiger partial charge in [-0.1, -0.05) is 6.07 Å². The number of phenols is 1. The summed E-state index contributed by atoms with van der Waals surface area (Å²) in [6.07, 6.45) is 2.48. The van der Waals surface area contributed by atoms with Crippen LogP contribution in [0.4, 0.5) is 5.69 Å². The fourth-order valence-corrected chi connectivity index (χ4v) is 2.28. The van der Waals surface area contributed by atoms with Gasteiger partial charge in [-0.05, 0) is 44.7 Å². The third-order valence-electron chi connectivity index (χ3n) is 3.77. The minimum absolute atomic E-state index is 0.0939. The lowest BCUT2D eigenvalue weighted by molar-refractivity contribution is -0.128. The van der Waals surface area contributed by atoms with Crippen molar-refractivity contribution in [3.05, 3.63) is 24.3 Å². The van der Waals surface area contributed by atoms with Gasteiger partial charge < -0.3 is 15.3 Å². The summed E-state index contributed by atoms with van der Waals surface area (Å²) in [7, 11) is 1.94. The first kappa shape index (κ1) is 14.7. The number of carbonyl (C=O) groups is 1. The lowest BCUT2D eigenvalue weighted by atomic mass is 9.91. The summed E-state index contributed by atoms with van der Waals surface area (Å²) >= 11 is 0. The Hall–Kier alpha value is -1.71. The molecule has 0 bridgehead atoms. The Kier molecular flexibility index (Phi) is 4.21. The third-order valence-corrected chi connectivity index (χ3v) is 3.77. The number of hydrogen-bond donors (Lipinski definition) is 2. The normalized spacial score (nSPS) is 14.9. The fourth-order valence-electron chi connectivity index (χ4n) is 2.28. The van der Waals surface area contributed by atoms with E-state index in [0.717, 1.165) is 12.2 Å². The van der Waals surface area contributed by atoms with Crippen molar-refractivity contribution in [1.82, 2.24) is 5.32 Å². The van der Waals surface area contributed by atoms with Crippen LogP contribution in [0, 0.1) is 11.3 Å². The summed E-state index contributed by atoms with van der Waals surface area (Å²) < 4.78 is 0. The largest absolute Gasteiger partial charge is 0.508 e. The second kappa shape index (κ2) is 5.73. The highest BCUT2D eigenvalue weighted by atomic mass is 16.3. The molecule has 0 aliphatic heterocycles. The van der Waals surface area contributed by atoms with Crippen LogP contribution in [0.15, 0.2) is 24.3 Å². The minimum Gasteiger partial charge on any atom is -0.508 e. The van der Waals surface area contributed by atoms with Gasteiger partial charge in [0.2, 0.25) is 5.91 Å². The molecule has 1 aliphatic carbocycles. The summed E-state index contributed by atoms with van der Waals surface area (Å²) in [4.78, 5) is 14.2. The van der Waals surface area contributed by atoms with Crippen molar-refractivity contribution in [2.45, 2.75) is 26.7 Å². The van der Waals surface area contributed by atoms with E-state index in [9.17, 15) is 9.90 Å². The molecule has 2 rings (SSSR count). The number of phenolic OH excluding ortho intramolecular Hbond substituents is 1. The molecule has 1 aliphatic rings. The minimum atomic E-state index is -0.463. The summed E-state index contributed by atoms with van der Waals surface area (Å²) in [5, 5.41) is 12.6. The van der Waals surface area contributed by atoms with Gasteiger partial charge in [-0.2, -0.15) is 0 Å². The van der Waals surface area contributed by atoms with Gasteiger partial charge in [-0.3, -0.25) is 4.79 Å². The number of rotatable bonds is 6. The van der Waals surface area contributed by atoms with Crippen molar-refractivity contribution >= 4 is 11.6 Å². The number of nitrogens with one attached hydrogen (secondary N) is 1. The molecule has 0 spiro atoms. The van der Waals surface area contributed by atoms with Crippen molar-refractivity contribution < 1.29 is 9.90 Å².